The number of halogens is 2. The van der Waals surface area contributed by atoms with E-state index in [9.17, 15) is 9.59 Å². The van der Waals surface area contributed by atoms with E-state index in [1.165, 1.54) is 0 Å². The summed E-state index contributed by atoms with van der Waals surface area (Å²) in [4.78, 5) is 30.8. The predicted octanol–water partition coefficient (Wildman–Crippen LogP) is 6.41. The van der Waals surface area contributed by atoms with Crippen LogP contribution in [0.2, 0.25) is 5.02 Å². The van der Waals surface area contributed by atoms with Crippen LogP contribution in [-0.4, -0.2) is 66.0 Å². The molecule has 2 atom stereocenters. The van der Waals surface area contributed by atoms with Gasteiger partial charge in [-0.05, 0) is 84.8 Å². The van der Waals surface area contributed by atoms with E-state index in [0.29, 0.717) is 44.3 Å². The van der Waals surface area contributed by atoms with E-state index in [1.54, 1.807) is 6.92 Å². The second-order valence-electron chi connectivity index (χ2n) is 11.8. The number of amides is 2. The average molecular weight is 679 g/mol. The van der Waals surface area contributed by atoms with Crippen molar-refractivity contribution in [1.29, 1.82) is 0 Å². The van der Waals surface area contributed by atoms with Gasteiger partial charge in [0.05, 0.1) is 6.04 Å². The molecule has 2 amide bonds. The fourth-order valence-electron chi connectivity index (χ4n) is 6.18. The lowest BCUT2D eigenvalue weighted by Gasteiger charge is -2.44. The first-order chi connectivity index (χ1) is 21.3. The molecule has 2 aliphatic heterocycles. The number of rotatable bonds is 10. The van der Waals surface area contributed by atoms with Gasteiger partial charge in [0.15, 0.2) is 0 Å². The summed E-state index contributed by atoms with van der Waals surface area (Å²) >= 11 is 9.71. The van der Waals surface area contributed by atoms with Crippen molar-refractivity contribution in [2.24, 2.45) is 0 Å². The van der Waals surface area contributed by atoms with E-state index in [1.807, 2.05) is 77.4 Å². The Kier molecular flexibility index (Phi) is 9.31. The fraction of sp³-hybridized carbons (Fsp3) is 0.371. The molecule has 1 saturated heterocycles. The lowest BCUT2D eigenvalue weighted by atomic mass is 9.82. The van der Waals surface area contributed by atoms with E-state index >= 15 is 0 Å². The molecule has 1 N–H and O–H groups in total. The SMILES string of the molecule is CC(=O)N1C[C@H]2CC(c3ccc(OCCOc4ccc(Cl)cc4C)cc3)=C(C(=O)N(Cc3ccccc3Br)C3CC3)[C@@H](C1)N2. The van der Waals surface area contributed by atoms with Gasteiger partial charge in [0, 0.05) is 53.7 Å². The number of piperazine rings is 1. The van der Waals surface area contributed by atoms with Gasteiger partial charge in [0.25, 0.3) is 5.91 Å². The second-order valence-corrected chi connectivity index (χ2v) is 13.1. The Balaban J connectivity index is 1.23. The van der Waals surface area contributed by atoms with Crippen molar-refractivity contribution in [1.82, 2.24) is 15.1 Å². The van der Waals surface area contributed by atoms with Crippen molar-refractivity contribution in [2.45, 2.75) is 57.8 Å². The molecule has 2 heterocycles. The van der Waals surface area contributed by atoms with Gasteiger partial charge in [-0.3, -0.25) is 9.59 Å². The van der Waals surface area contributed by atoms with Crippen molar-refractivity contribution in [3.05, 3.63) is 98.5 Å². The monoisotopic (exact) mass is 677 g/mol. The third-order valence-corrected chi connectivity index (χ3v) is 9.59. The van der Waals surface area contributed by atoms with Gasteiger partial charge in [-0.25, -0.2) is 0 Å². The van der Waals surface area contributed by atoms with Crippen LogP contribution in [0.5, 0.6) is 11.5 Å². The molecule has 0 spiro atoms. The summed E-state index contributed by atoms with van der Waals surface area (Å²) in [6.45, 7) is 6.03. The van der Waals surface area contributed by atoms with Crippen molar-refractivity contribution >= 4 is 44.9 Å². The number of carbonyl (C=O) groups excluding carboxylic acids is 2. The Morgan fingerprint density at radius 2 is 1.77 bits per heavy atom. The Labute approximate surface area is 272 Å². The third kappa shape index (κ3) is 6.98. The minimum Gasteiger partial charge on any atom is -0.490 e. The molecule has 1 aliphatic carbocycles. The second kappa shape index (κ2) is 13.3. The fourth-order valence-corrected chi connectivity index (χ4v) is 6.82. The zero-order valence-corrected chi connectivity index (χ0v) is 27.4. The summed E-state index contributed by atoms with van der Waals surface area (Å²) in [5.74, 6) is 1.62. The first kappa shape index (κ1) is 30.7. The maximum Gasteiger partial charge on any atom is 0.252 e. The molecule has 3 aliphatic rings. The summed E-state index contributed by atoms with van der Waals surface area (Å²) < 4.78 is 12.8. The Bertz CT molecular complexity index is 1570. The lowest BCUT2D eigenvalue weighted by Crippen LogP contribution is -2.61. The van der Waals surface area contributed by atoms with E-state index in [2.05, 4.69) is 27.3 Å². The number of aryl methyl sites for hydroxylation is 1. The molecule has 1 saturated carbocycles. The molecular weight excluding hydrogens is 642 g/mol. The quantitative estimate of drug-likeness (QED) is 0.251. The number of hydrogen-bond acceptors (Lipinski definition) is 5. The maximum atomic E-state index is 14.5. The van der Waals surface area contributed by atoms with Crippen LogP contribution in [0.3, 0.4) is 0 Å². The van der Waals surface area contributed by atoms with Gasteiger partial charge in [-0.1, -0.05) is 57.9 Å². The molecule has 0 aromatic heterocycles. The van der Waals surface area contributed by atoms with Gasteiger partial charge in [0.1, 0.15) is 24.7 Å². The average Bonchev–Trinajstić information content (AvgIpc) is 3.85. The molecule has 3 aromatic rings. The van der Waals surface area contributed by atoms with Gasteiger partial charge in [-0.2, -0.15) is 0 Å². The first-order valence-electron chi connectivity index (χ1n) is 15.2. The predicted molar refractivity (Wildman–Crippen MR) is 176 cm³/mol. The van der Waals surface area contributed by atoms with Crippen LogP contribution in [0.4, 0.5) is 0 Å². The largest absolute Gasteiger partial charge is 0.490 e. The number of fused-ring (bicyclic) bond motifs is 2. The summed E-state index contributed by atoms with van der Waals surface area (Å²) in [5.41, 5.74) is 4.90. The molecule has 9 heteroatoms. The normalized spacial score (nSPS) is 19.5. The van der Waals surface area contributed by atoms with Crippen LogP contribution in [0.1, 0.15) is 42.9 Å². The highest BCUT2D eigenvalue weighted by atomic mass is 79.9. The van der Waals surface area contributed by atoms with Gasteiger partial charge in [-0.15, -0.1) is 0 Å². The van der Waals surface area contributed by atoms with E-state index in [4.69, 9.17) is 21.1 Å². The van der Waals surface area contributed by atoms with Crippen LogP contribution >= 0.6 is 27.5 Å². The highest BCUT2D eigenvalue weighted by Gasteiger charge is 2.43. The molecular formula is C35H37BrClN3O4. The summed E-state index contributed by atoms with van der Waals surface area (Å²) in [6.07, 6.45) is 2.68. The Morgan fingerprint density at radius 1 is 1.02 bits per heavy atom. The molecule has 3 aromatic carbocycles. The zero-order valence-electron chi connectivity index (χ0n) is 25.0. The molecule has 44 heavy (non-hydrogen) atoms. The molecule has 0 radical (unpaired) electrons. The number of carbonyl (C=O) groups is 2. The van der Waals surface area contributed by atoms with Gasteiger partial charge in [0.2, 0.25) is 5.91 Å². The van der Waals surface area contributed by atoms with Crippen molar-refractivity contribution in [3.63, 3.8) is 0 Å². The van der Waals surface area contributed by atoms with Crippen molar-refractivity contribution in [3.8, 4) is 11.5 Å². The van der Waals surface area contributed by atoms with Crippen LogP contribution in [-0.2, 0) is 16.1 Å². The first-order valence-corrected chi connectivity index (χ1v) is 16.3. The van der Waals surface area contributed by atoms with Gasteiger partial charge < -0.3 is 24.6 Å². The minimum atomic E-state index is -0.223. The van der Waals surface area contributed by atoms with Gasteiger partial charge >= 0.3 is 0 Å². The number of hydrogen-bond donors (Lipinski definition) is 1. The number of benzene rings is 3. The smallest absolute Gasteiger partial charge is 0.252 e. The summed E-state index contributed by atoms with van der Waals surface area (Å²) in [7, 11) is 0. The molecule has 2 fully saturated rings. The number of nitrogens with one attached hydrogen (secondary N) is 1. The van der Waals surface area contributed by atoms with Crippen LogP contribution in [0.15, 0.2) is 76.8 Å². The Morgan fingerprint density at radius 3 is 2.48 bits per heavy atom. The molecule has 230 valence electrons. The molecule has 7 nitrogen and oxygen atoms in total. The highest BCUT2D eigenvalue weighted by Crippen LogP contribution is 2.38. The molecule has 0 unspecified atom stereocenters. The van der Waals surface area contributed by atoms with Crippen LogP contribution < -0.4 is 14.8 Å². The van der Waals surface area contributed by atoms with Crippen LogP contribution in [0.25, 0.3) is 5.57 Å². The minimum absolute atomic E-state index is 0.0423. The molecule has 2 bridgehead atoms. The van der Waals surface area contributed by atoms with Crippen molar-refractivity contribution in [2.75, 3.05) is 26.3 Å². The summed E-state index contributed by atoms with van der Waals surface area (Å²) in [5, 5.41) is 4.35. The summed E-state index contributed by atoms with van der Waals surface area (Å²) in [6, 6.07) is 21.7. The standard InChI is InChI=1S/C35H37BrClN3O4/c1-22-17-26(37)9-14-33(22)44-16-15-43-29-12-7-24(8-13-29)30-18-27-20-39(23(2)41)21-32(38-27)34(30)35(42)40(28-10-11-28)19-25-5-3-4-6-31(25)36/h3-9,12-14,17,27-28,32,38H,10-11,15-16,18-21H2,1-2H3/t27-,32-/m1/s1. The lowest BCUT2D eigenvalue weighted by molar-refractivity contribution is -0.132. The maximum absolute atomic E-state index is 14.5. The Hall–Kier alpha value is -3.33. The van der Waals surface area contributed by atoms with Crippen LogP contribution in [0, 0.1) is 6.92 Å². The zero-order chi connectivity index (χ0) is 30.8. The highest BCUT2D eigenvalue weighted by molar-refractivity contribution is 9.10. The number of nitrogens with zero attached hydrogens (tertiary/aromatic N) is 2. The third-order valence-electron chi connectivity index (χ3n) is 8.58. The molecule has 6 rings (SSSR count). The van der Waals surface area contributed by atoms with E-state index in [0.717, 1.165) is 56.6 Å². The van der Waals surface area contributed by atoms with E-state index < -0.39 is 0 Å². The van der Waals surface area contributed by atoms with E-state index in [-0.39, 0.29) is 29.9 Å². The number of ether oxygens (including phenoxy) is 2. The topological polar surface area (TPSA) is 71.1 Å². The van der Waals surface area contributed by atoms with Crippen molar-refractivity contribution < 1.29 is 19.1 Å².